The largest absolute Gasteiger partial charge is 0.463 e. The molecule has 0 saturated carbocycles. The van der Waals surface area contributed by atoms with Crippen molar-refractivity contribution in [3.8, 4) is 0 Å². The summed E-state index contributed by atoms with van der Waals surface area (Å²) in [6.45, 7) is 2.95. The van der Waals surface area contributed by atoms with E-state index in [0.717, 1.165) is 0 Å². The third-order valence-electron chi connectivity index (χ3n) is 4.04. The van der Waals surface area contributed by atoms with E-state index in [2.05, 4.69) is 0 Å². The Morgan fingerprint density at radius 2 is 1.30 bits per heavy atom. The van der Waals surface area contributed by atoms with Gasteiger partial charge in [-0.1, -0.05) is 60.7 Å². The van der Waals surface area contributed by atoms with E-state index in [1.165, 1.54) is 0 Å². The monoisotopic (exact) mass is 370 g/mol. The molecule has 27 heavy (non-hydrogen) atoms. The van der Waals surface area contributed by atoms with Crippen molar-refractivity contribution in [2.75, 3.05) is 13.2 Å². The number of esters is 2. The summed E-state index contributed by atoms with van der Waals surface area (Å²) in [5, 5.41) is 11.2. The van der Waals surface area contributed by atoms with Crippen LogP contribution in [-0.4, -0.2) is 41.6 Å². The van der Waals surface area contributed by atoms with Crippen molar-refractivity contribution in [3.05, 3.63) is 71.8 Å². The topological polar surface area (TPSA) is 89.9 Å². The maximum atomic E-state index is 13.2. The molecule has 0 saturated heterocycles. The standard InChI is InChI=1S/C21H22O6/c1-3-26-19(23)21(25,20(24)27-4-2)17(15-11-7-5-8-12-15)18(22)16-13-9-6-10-14-16/h5-14,17,25H,3-4H2,1-2H3. The third-order valence-corrected chi connectivity index (χ3v) is 4.04. The van der Waals surface area contributed by atoms with Crippen LogP contribution >= 0.6 is 0 Å². The smallest absolute Gasteiger partial charge is 0.351 e. The number of carbonyl (C=O) groups is 3. The lowest BCUT2D eigenvalue weighted by Gasteiger charge is -2.31. The second-order valence-corrected chi connectivity index (χ2v) is 5.78. The van der Waals surface area contributed by atoms with Gasteiger partial charge in [-0.05, 0) is 19.4 Å². The van der Waals surface area contributed by atoms with Crippen LogP contribution in [0.5, 0.6) is 0 Å². The number of hydrogen-bond acceptors (Lipinski definition) is 6. The normalized spacial score (nSPS) is 12.1. The molecule has 6 nitrogen and oxygen atoms in total. The number of rotatable bonds is 8. The van der Waals surface area contributed by atoms with E-state index in [0.29, 0.717) is 5.56 Å². The Morgan fingerprint density at radius 3 is 1.74 bits per heavy atom. The molecule has 0 spiro atoms. The van der Waals surface area contributed by atoms with Crippen molar-refractivity contribution in [3.63, 3.8) is 0 Å². The molecule has 0 amide bonds. The van der Waals surface area contributed by atoms with Gasteiger partial charge >= 0.3 is 11.9 Å². The molecule has 2 aromatic carbocycles. The number of ketones is 1. The van der Waals surface area contributed by atoms with Crippen molar-refractivity contribution in [2.24, 2.45) is 0 Å². The van der Waals surface area contributed by atoms with Gasteiger partial charge in [-0.15, -0.1) is 0 Å². The SMILES string of the molecule is CCOC(=O)C(O)(C(=O)OCC)C(C(=O)c1ccccc1)c1ccccc1. The first-order chi connectivity index (χ1) is 13.0. The molecule has 0 aliphatic rings. The lowest BCUT2D eigenvalue weighted by Crippen LogP contribution is -2.55. The molecule has 0 aromatic heterocycles. The van der Waals surface area contributed by atoms with E-state index in [4.69, 9.17) is 9.47 Å². The molecular weight excluding hydrogens is 348 g/mol. The average Bonchev–Trinajstić information content (AvgIpc) is 2.69. The molecule has 0 heterocycles. The fourth-order valence-corrected chi connectivity index (χ4v) is 2.80. The van der Waals surface area contributed by atoms with Crippen LogP contribution in [0, 0.1) is 0 Å². The predicted molar refractivity (Wildman–Crippen MR) is 98.2 cm³/mol. The summed E-state index contributed by atoms with van der Waals surface area (Å²) in [4.78, 5) is 38.4. The van der Waals surface area contributed by atoms with E-state index in [9.17, 15) is 19.5 Å². The quantitative estimate of drug-likeness (QED) is 0.436. The van der Waals surface area contributed by atoms with Gasteiger partial charge in [0, 0.05) is 5.56 Å². The maximum absolute atomic E-state index is 13.2. The summed E-state index contributed by atoms with van der Waals surface area (Å²) in [5.74, 6) is -4.55. The number of benzene rings is 2. The zero-order valence-corrected chi connectivity index (χ0v) is 15.3. The Morgan fingerprint density at radius 1 is 0.852 bits per heavy atom. The Balaban J connectivity index is 2.65. The number of aliphatic hydroxyl groups is 1. The van der Waals surface area contributed by atoms with Gasteiger partial charge in [0.25, 0.3) is 5.60 Å². The van der Waals surface area contributed by atoms with Gasteiger partial charge in [-0.2, -0.15) is 0 Å². The lowest BCUT2D eigenvalue weighted by atomic mass is 9.77. The molecule has 0 bridgehead atoms. The minimum Gasteiger partial charge on any atom is -0.463 e. The minimum absolute atomic E-state index is 0.0679. The molecule has 1 unspecified atom stereocenters. The van der Waals surface area contributed by atoms with Crippen LogP contribution in [0.2, 0.25) is 0 Å². The van der Waals surface area contributed by atoms with Crippen LogP contribution in [0.1, 0.15) is 35.7 Å². The van der Waals surface area contributed by atoms with Crippen molar-refractivity contribution in [2.45, 2.75) is 25.4 Å². The first-order valence-electron chi connectivity index (χ1n) is 8.67. The highest BCUT2D eigenvalue weighted by atomic mass is 16.6. The van der Waals surface area contributed by atoms with E-state index in [1.54, 1.807) is 74.5 Å². The van der Waals surface area contributed by atoms with Gasteiger partial charge in [0.2, 0.25) is 0 Å². The molecule has 1 atom stereocenters. The first kappa shape index (κ1) is 20.3. The van der Waals surface area contributed by atoms with E-state index in [-0.39, 0.29) is 18.8 Å². The number of Topliss-reactive ketones (excluding diaryl/α,β-unsaturated/α-hetero) is 1. The molecule has 0 aliphatic carbocycles. The molecular formula is C21H22O6. The zero-order valence-electron chi connectivity index (χ0n) is 15.3. The van der Waals surface area contributed by atoms with Gasteiger partial charge in [-0.3, -0.25) is 4.79 Å². The van der Waals surface area contributed by atoms with Gasteiger partial charge in [0.15, 0.2) is 5.78 Å². The highest BCUT2D eigenvalue weighted by Crippen LogP contribution is 2.34. The van der Waals surface area contributed by atoms with Crippen LogP contribution < -0.4 is 0 Å². The summed E-state index contributed by atoms with van der Waals surface area (Å²) in [6, 6.07) is 16.3. The molecule has 1 N–H and O–H groups in total. The Labute approximate surface area is 157 Å². The van der Waals surface area contributed by atoms with Crippen LogP contribution in [0.25, 0.3) is 0 Å². The zero-order chi connectivity index (χ0) is 19.9. The summed E-state index contributed by atoms with van der Waals surface area (Å²) in [5.41, 5.74) is -2.26. The first-order valence-corrected chi connectivity index (χ1v) is 8.67. The van der Waals surface area contributed by atoms with Gasteiger partial charge in [0.1, 0.15) is 0 Å². The second-order valence-electron chi connectivity index (χ2n) is 5.78. The summed E-state index contributed by atoms with van der Waals surface area (Å²) in [6.07, 6.45) is 0. The second kappa shape index (κ2) is 9.09. The van der Waals surface area contributed by atoms with Crippen LogP contribution in [0.4, 0.5) is 0 Å². The molecule has 2 aromatic rings. The lowest BCUT2D eigenvalue weighted by molar-refractivity contribution is -0.184. The maximum Gasteiger partial charge on any atom is 0.351 e. The Kier molecular flexibility index (Phi) is 6.85. The molecule has 0 fully saturated rings. The molecule has 2 rings (SSSR count). The van der Waals surface area contributed by atoms with Crippen molar-refractivity contribution < 1.29 is 29.0 Å². The highest BCUT2D eigenvalue weighted by Gasteiger charge is 2.57. The Hall–Kier alpha value is -2.99. The molecule has 0 aliphatic heterocycles. The van der Waals surface area contributed by atoms with Crippen LogP contribution in [0.15, 0.2) is 60.7 Å². The molecule has 142 valence electrons. The third kappa shape index (κ3) is 4.23. The number of hydrogen-bond donors (Lipinski definition) is 1. The van der Waals surface area contributed by atoms with E-state index < -0.39 is 29.2 Å². The minimum atomic E-state index is -2.81. The fraction of sp³-hybridized carbons (Fsp3) is 0.286. The van der Waals surface area contributed by atoms with Crippen LogP contribution in [0.3, 0.4) is 0 Å². The molecule has 6 heteroatoms. The fourth-order valence-electron chi connectivity index (χ4n) is 2.80. The number of carbonyl (C=O) groups excluding carboxylic acids is 3. The van der Waals surface area contributed by atoms with Crippen molar-refractivity contribution >= 4 is 17.7 Å². The van der Waals surface area contributed by atoms with Crippen LogP contribution in [-0.2, 0) is 19.1 Å². The average molecular weight is 370 g/mol. The number of ether oxygens (including phenoxy) is 2. The molecule has 0 radical (unpaired) electrons. The van der Waals surface area contributed by atoms with Gasteiger partial charge < -0.3 is 14.6 Å². The van der Waals surface area contributed by atoms with E-state index in [1.807, 2.05) is 0 Å². The van der Waals surface area contributed by atoms with Crippen molar-refractivity contribution in [1.82, 2.24) is 0 Å². The summed E-state index contributed by atoms with van der Waals surface area (Å²) in [7, 11) is 0. The predicted octanol–water partition coefficient (Wildman–Crippen LogP) is 2.51. The van der Waals surface area contributed by atoms with Gasteiger partial charge in [-0.25, -0.2) is 9.59 Å². The summed E-state index contributed by atoms with van der Waals surface area (Å²) < 4.78 is 9.84. The van der Waals surface area contributed by atoms with E-state index >= 15 is 0 Å². The Bertz CT molecular complexity index is 767. The van der Waals surface area contributed by atoms with Crippen molar-refractivity contribution in [1.29, 1.82) is 0 Å². The summed E-state index contributed by atoms with van der Waals surface area (Å²) >= 11 is 0. The van der Waals surface area contributed by atoms with Gasteiger partial charge in [0.05, 0.1) is 19.1 Å². The highest BCUT2D eigenvalue weighted by molar-refractivity contribution is 6.14.